The molecule has 2 aromatic rings. The largest absolute Gasteiger partial charge is 0.473 e. The van der Waals surface area contributed by atoms with Gasteiger partial charge in [0.25, 0.3) is 0 Å². The van der Waals surface area contributed by atoms with E-state index in [1.165, 1.54) is 4.31 Å². The van der Waals surface area contributed by atoms with Crippen LogP contribution in [0.25, 0.3) is 11.4 Å². The van der Waals surface area contributed by atoms with Gasteiger partial charge in [0.1, 0.15) is 6.10 Å². The molecule has 0 bridgehead atoms. The van der Waals surface area contributed by atoms with Crippen LogP contribution in [0.1, 0.15) is 19.2 Å². The highest BCUT2D eigenvalue weighted by atomic mass is 32.2. The van der Waals surface area contributed by atoms with Crippen molar-refractivity contribution in [2.45, 2.75) is 26.4 Å². The molecule has 0 saturated carbocycles. The van der Waals surface area contributed by atoms with Crippen molar-refractivity contribution in [3.8, 4) is 17.3 Å². The molecule has 124 valence electrons. The Hall–Kier alpha value is -2.00. The number of aromatic nitrogens is 3. The molecule has 1 aliphatic rings. The number of ether oxygens (including phenoxy) is 1. The summed E-state index contributed by atoms with van der Waals surface area (Å²) < 4.78 is 35.8. The summed E-state index contributed by atoms with van der Waals surface area (Å²) in [5.74, 6) is 1.53. The number of hydrogen-bond donors (Lipinski definition) is 0. The molecular formula is C14H18N4O4S. The maximum absolute atomic E-state index is 11.8. The second-order valence-electron chi connectivity index (χ2n) is 5.31. The van der Waals surface area contributed by atoms with Gasteiger partial charge in [0.05, 0.1) is 12.3 Å². The average molecular weight is 338 g/mol. The van der Waals surface area contributed by atoms with Gasteiger partial charge in [-0.25, -0.2) is 13.4 Å². The van der Waals surface area contributed by atoms with Crippen molar-refractivity contribution in [3.05, 3.63) is 24.2 Å². The van der Waals surface area contributed by atoms with Crippen molar-refractivity contribution in [1.82, 2.24) is 19.4 Å². The molecule has 1 fully saturated rings. The second-order valence-corrected chi connectivity index (χ2v) is 7.57. The molecule has 3 heterocycles. The zero-order chi connectivity index (χ0) is 16.4. The van der Waals surface area contributed by atoms with E-state index in [2.05, 4.69) is 15.1 Å². The van der Waals surface area contributed by atoms with E-state index in [0.29, 0.717) is 37.1 Å². The normalized spacial score (nSPS) is 19.1. The van der Waals surface area contributed by atoms with Gasteiger partial charge in [0.2, 0.25) is 27.6 Å². The van der Waals surface area contributed by atoms with Gasteiger partial charge in [-0.05, 0) is 19.4 Å². The number of aryl methyl sites for hydroxylation is 1. The molecule has 1 saturated heterocycles. The van der Waals surface area contributed by atoms with Crippen LogP contribution in [0.2, 0.25) is 0 Å². The Labute approximate surface area is 134 Å². The molecule has 0 unspecified atom stereocenters. The Kier molecular flexibility index (Phi) is 4.31. The Morgan fingerprint density at radius 2 is 2.26 bits per heavy atom. The van der Waals surface area contributed by atoms with Gasteiger partial charge >= 0.3 is 0 Å². The van der Waals surface area contributed by atoms with E-state index in [1.807, 2.05) is 0 Å². The number of nitrogens with zero attached hydrogens (tertiary/aromatic N) is 4. The second kappa shape index (κ2) is 6.25. The Balaban J connectivity index is 1.63. The van der Waals surface area contributed by atoms with Crippen molar-refractivity contribution >= 4 is 10.0 Å². The summed E-state index contributed by atoms with van der Waals surface area (Å²) in [6.07, 6.45) is 2.09. The topological polar surface area (TPSA) is 98.4 Å². The molecule has 0 amide bonds. The van der Waals surface area contributed by atoms with Gasteiger partial charge in [0, 0.05) is 31.3 Å². The lowest BCUT2D eigenvalue weighted by atomic mass is 10.2. The molecule has 1 aliphatic heterocycles. The van der Waals surface area contributed by atoms with Gasteiger partial charge < -0.3 is 9.26 Å². The quantitative estimate of drug-likeness (QED) is 0.809. The van der Waals surface area contributed by atoms with Gasteiger partial charge in [-0.3, -0.25) is 0 Å². The maximum atomic E-state index is 11.8. The number of pyridine rings is 1. The smallest absolute Gasteiger partial charge is 0.223 e. The first-order valence-corrected chi connectivity index (χ1v) is 9.00. The highest BCUT2D eigenvalue weighted by molar-refractivity contribution is 7.89. The van der Waals surface area contributed by atoms with E-state index < -0.39 is 10.0 Å². The van der Waals surface area contributed by atoms with Gasteiger partial charge in [-0.15, -0.1) is 0 Å². The van der Waals surface area contributed by atoms with Crippen LogP contribution in [0.3, 0.4) is 0 Å². The van der Waals surface area contributed by atoms with E-state index in [1.54, 1.807) is 32.2 Å². The molecule has 0 radical (unpaired) electrons. The summed E-state index contributed by atoms with van der Waals surface area (Å²) in [7, 11) is -3.16. The monoisotopic (exact) mass is 338 g/mol. The molecule has 3 rings (SSSR count). The summed E-state index contributed by atoms with van der Waals surface area (Å²) >= 11 is 0. The van der Waals surface area contributed by atoms with Crippen LogP contribution in [-0.2, 0) is 10.0 Å². The highest BCUT2D eigenvalue weighted by Crippen LogP contribution is 2.21. The first-order valence-electron chi connectivity index (χ1n) is 7.39. The molecule has 0 N–H and O–H groups in total. The molecule has 0 aromatic carbocycles. The zero-order valence-electron chi connectivity index (χ0n) is 13.0. The molecule has 23 heavy (non-hydrogen) atoms. The first kappa shape index (κ1) is 15.9. The van der Waals surface area contributed by atoms with Crippen LogP contribution in [0.4, 0.5) is 0 Å². The van der Waals surface area contributed by atoms with Crippen LogP contribution in [0.5, 0.6) is 5.88 Å². The SMILES string of the molecule is CCS(=O)(=O)N1CC[C@H](Oc2ccc(-c3noc(C)n3)cn2)C1. The van der Waals surface area contributed by atoms with Gasteiger partial charge in [0.15, 0.2) is 0 Å². The number of hydrogen-bond acceptors (Lipinski definition) is 7. The van der Waals surface area contributed by atoms with Crippen molar-refractivity contribution in [2.75, 3.05) is 18.8 Å². The minimum absolute atomic E-state index is 0.108. The zero-order valence-corrected chi connectivity index (χ0v) is 13.8. The standard InChI is InChI=1S/C14H18N4O4S/c1-3-23(19,20)18-7-6-12(9-18)21-13-5-4-11(8-15-13)14-16-10(2)22-17-14/h4-5,8,12H,3,6-7,9H2,1-2H3/t12-/m0/s1. The molecule has 0 aliphatic carbocycles. The minimum atomic E-state index is -3.16. The predicted octanol–water partition coefficient (Wildman–Crippen LogP) is 1.24. The van der Waals surface area contributed by atoms with Crippen LogP contribution in [-0.4, -0.2) is 52.8 Å². The predicted molar refractivity (Wildman–Crippen MR) is 82.3 cm³/mol. The Morgan fingerprint density at radius 1 is 1.43 bits per heavy atom. The fourth-order valence-electron chi connectivity index (χ4n) is 2.40. The van der Waals surface area contributed by atoms with Crippen molar-refractivity contribution in [3.63, 3.8) is 0 Å². The lowest BCUT2D eigenvalue weighted by Gasteiger charge is -2.15. The van der Waals surface area contributed by atoms with Crippen LogP contribution in [0, 0.1) is 6.92 Å². The average Bonchev–Trinajstić information content (AvgIpc) is 3.18. The Morgan fingerprint density at radius 3 is 2.87 bits per heavy atom. The van der Waals surface area contributed by atoms with Crippen LogP contribution >= 0.6 is 0 Å². The Bertz CT molecular complexity index is 772. The third-order valence-electron chi connectivity index (χ3n) is 3.68. The molecule has 8 nitrogen and oxygen atoms in total. The number of sulfonamides is 1. The molecule has 0 spiro atoms. The van der Waals surface area contributed by atoms with E-state index in [-0.39, 0.29) is 11.9 Å². The first-order chi connectivity index (χ1) is 11.0. The van der Waals surface area contributed by atoms with Crippen LogP contribution < -0.4 is 4.74 Å². The minimum Gasteiger partial charge on any atom is -0.473 e. The number of rotatable bonds is 5. The summed E-state index contributed by atoms with van der Waals surface area (Å²) in [6, 6.07) is 3.51. The fourth-order valence-corrected chi connectivity index (χ4v) is 3.54. The summed E-state index contributed by atoms with van der Waals surface area (Å²) in [6.45, 7) is 4.21. The lowest BCUT2D eigenvalue weighted by molar-refractivity contribution is 0.207. The summed E-state index contributed by atoms with van der Waals surface area (Å²) in [4.78, 5) is 8.35. The van der Waals surface area contributed by atoms with Gasteiger partial charge in [-0.1, -0.05) is 5.16 Å². The van der Waals surface area contributed by atoms with Gasteiger partial charge in [-0.2, -0.15) is 9.29 Å². The van der Waals surface area contributed by atoms with E-state index in [4.69, 9.17) is 9.26 Å². The third-order valence-corrected chi connectivity index (χ3v) is 5.52. The molecule has 2 aromatic heterocycles. The third kappa shape index (κ3) is 3.50. The van der Waals surface area contributed by atoms with E-state index in [0.717, 1.165) is 5.56 Å². The van der Waals surface area contributed by atoms with Crippen molar-refractivity contribution < 1.29 is 17.7 Å². The van der Waals surface area contributed by atoms with E-state index >= 15 is 0 Å². The highest BCUT2D eigenvalue weighted by Gasteiger charge is 2.31. The van der Waals surface area contributed by atoms with Crippen LogP contribution in [0.15, 0.2) is 22.9 Å². The fraction of sp³-hybridized carbons (Fsp3) is 0.500. The summed E-state index contributed by atoms with van der Waals surface area (Å²) in [5, 5.41) is 3.83. The summed E-state index contributed by atoms with van der Waals surface area (Å²) in [5.41, 5.74) is 0.732. The van der Waals surface area contributed by atoms with E-state index in [9.17, 15) is 8.42 Å². The maximum Gasteiger partial charge on any atom is 0.223 e. The van der Waals surface area contributed by atoms with Crippen molar-refractivity contribution in [1.29, 1.82) is 0 Å². The molecule has 1 atom stereocenters. The molecular weight excluding hydrogens is 320 g/mol. The van der Waals surface area contributed by atoms with Crippen molar-refractivity contribution in [2.24, 2.45) is 0 Å². The molecule has 9 heteroatoms. The lowest BCUT2D eigenvalue weighted by Crippen LogP contribution is -2.32.